The predicted molar refractivity (Wildman–Crippen MR) is 185 cm³/mol. The standard InChI is InChI=1S/C34H51ClN4O7S/c1-24-21-39(25(2)23-40)34(42)30-20-28(36-47(43,44)29-15-12-27(35)13-16-29)14-17-31(30)46-26(3)10-7-8-19-45-32(24)22-38(6)33(41)11-9-18-37(4)5/h12-17,20,24-26,32,36,40H,7-11,18-19,21-23H2,1-6H3/t24-,25-,26+,32-/m0/s1. The van der Waals surface area contributed by atoms with Gasteiger partial charge in [-0.25, -0.2) is 8.42 Å². The van der Waals surface area contributed by atoms with Gasteiger partial charge in [-0.1, -0.05) is 18.5 Å². The summed E-state index contributed by atoms with van der Waals surface area (Å²) in [5, 5.41) is 10.6. The minimum absolute atomic E-state index is 0.0229. The van der Waals surface area contributed by atoms with Gasteiger partial charge in [-0.15, -0.1) is 0 Å². The van der Waals surface area contributed by atoms with Crippen molar-refractivity contribution in [1.82, 2.24) is 14.7 Å². The Morgan fingerprint density at radius 3 is 2.49 bits per heavy atom. The fraction of sp³-hybridized carbons (Fsp3) is 0.588. The number of carbonyl (C=O) groups is 2. The highest BCUT2D eigenvalue weighted by atomic mass is 35.5. The summed E-state index contributed by atoms with van der Waals surface area (Å²) in [6.07, 6.45) is 2.94. The van der Waals surface area contributed by atoms with E-state index in [4.69, 9.17) is 21.1 Å². The third-order valence-electron chi connectivity index (χ3n) is 8.30. The first-order chi connectivity index (χ1) is 22.2. The summed E-state index contributed by atoms with van der Waals surface area (Å²) in [5.41, 5.74) is 0.355. The van der Waals surface area contributed by atoms with Gasteiger partial charge in [0.15, 0.2) is 0 Å². The van der Waals surface area contributed by atoms with E-state index in [2.05, 4.69) is 4.72 Å². The summed E-state index contributed by atoms with van der Waals surface area (Å²) < 4.78 is 41.5. The molecular formula is C34H51ClN4O7S. The van der Waals surface area contributed by atoms with Gasteiger partial charge in [0.05, 0.1) is 35.3 Å². The zero-order chi connectivity index (χ0) is 34.7. The van der Waals surface area contributed by atoms with Crippen molar-refractivity contribution < 1.29 is 32.6 Å². The fourth-order valence-electron chi connectivity index (χ4n) is 5.39. The van der Waals surface area contributed by atoms with E-state index in [-0.39, 0.29) is 53.3 Å². The second-order valence-electron chi connectivity index (χ2n) is 12.8. The Morgan fingerprint density at radius 1 is 1.13 bits per heavy atom. The smallest absolute Gasteiger partial charge is 0.261 e. The number of benzene rings is 2. The molecule has 1 aliphatic heterocycles. The number of nitrogens with one attached hydrogen (secondary N) is 1. The number of ether oxygens (including phenoxy) is 2. The number of likely N-dealkylation sites (N-methyl/N-ethyl adjacent to an activating group) is 1. The summed E-state index contributed by atoms with van der Waals surface area (Å²) in [5.74, 6) is -0.264. The lowest BCUT2D eigenvalue weighted by Gasteiger charge is -2.36. The van der Waals surface area contributed by atoms with Crippen molar-refractivity contribution in [1.29, 1.82) is 0 Å². The molecule has 0 aliphatic carbocycles. The lowest BCUT2D eigenvalue weighted by Crippen LogP contribution is -2.48. The number of anilines is 1. The predicted octanol–water partition coefficient (Wildman–Crippen LogP) is 4.74. The number of sulfonamides is 1. The third kappa shape index (κ3) is 11.6. The van der Waals surface area contributed by atoms with E-state index in [1.165, 1.54) is 30.3 Å². The Bertz CT molecular complexity index is 1420. The molecule has 2 amide bonds. The summed E-state index contributed by atoms with van der Waals surface area (Å²) in [4.78, 5) is 32.6. The Balaban J connectivity index is 1.93. The molecule has 1 aliphatic rings. The van der Waals surface area contributed by atoms with Crippen LogP contribution in [0.25, 0.3) is 0 Å². The Morgan fingerprint density at radius 2 is 1.83 bits per heavy atom. The van der Waals surface area contributed by atoms with Crippen molar-refractivity contribution in [2.75, 3.05) is 58.7 Å². The monoisotopic (exact) mass is 694 g/mol. The average Bonchev–Trinajstić information content (AvgIpc) is 3.02. The number of aliphatic hydroxyl groups is 1. The molecule has 2 aromatic carbocycles. The topological polar surface area (TPSA) is 129 Å². The average molecular weight is 695 g/mol. The molecular weight excluding hydrogens is 644 g/mol. The number of fused-ring (bicyclic) bond motifs is 1. The van der Waals surface area contributed by atoms with Gasteiger partial charge in [0, 0.05) is 49.8 Å². The molecule has 0 aromatic heterocycles. The second-order valence-corrected chi connectivity index (χ2v) is 14.9. The van der Waals surface area contributed by atoms with E-state index in [1.54, 1.807) is 35.9 Å². The van der Waals surface area contributed by atoms with Gasteiger partial charge in [-0.05, 0) is 103 Å². The summed E-state index contributed by atoms with van der Waals surface area (Å²) in [6.45, 7) is 7.27. The van der Waals surface area contributed by atoms with Crippen LogP contribution in [-0.4, -0.2) is 112 Å². The number of nitrogens with zero attached hydrogens (tertiary/aromatic N) is 3. The largest absolute Gasteiger partial charge is 0.490 e. The zero-order valence-corrected chi connectivity index (χ0v) is 30.0. The van der Waals surface area contributed by atoms with Crippen LogP contribution in [0.2, 0.25) is 5.02 Å². The Labute approximate surface area is 285 Å². The van der Waals surface area contributed by atoms with Crippen LogP contribution in [0.15, 0.2) is 47.4 Å². The van der Waals surface area contributed by atoms with E-state index in [0.29, 0.717) is 36.8 Å². The highest BCUT2D eigenvalue weighted by Gasteiger charge is 2.31. The molecule has 0 saturated heterocycles. The molecule has 11 nitrogen and oxygen atoms in total. The van der Waals surface area contributed by atoms with E-state index in [1.807, 2.05) is 32.8 Å². The summed E-state index contributed by atoms with van der Waals surface area (Å²) >= 11 is 5.94. The first-order valence-corrected chi connectivity index (χ1v) is 18.1. The zero-order valence-electron chi connectivity index (χ0n) is 28.4. The van der Waals surface area contributed by atoms with E-state index in [0.717, 1.165) is 25.8 Å². The van der Waals surface area contributed by atoms with Crippen molar-refractivity contribution in [3.05, 3.63) is 53.1 Å². The molecule has 4 atom stereocenters. The van der Waals surface area contributed by atoms with Gasteiger partial charge in [-0.2, -0.15) is 0 Å². The number of aliphatic hydroxyl groups excluding tert-OH is 1. The van der Waals surface area contributed by atoms with Crippen LogP contribution >= 0.6 is 11.6 Å². The molecule has 0 saturated carbocycles. The van der Waals surface area contributed by atoms with Gasteiger partial charge in [0.1, 0.15) is 5.75 Å². The van der Waals surface area contributed by atoms with Crippen LogP contribution in [0.3, 0.4) is 0 Å². The van der Waals surface area contributed by atoms with Crippen molar-refractivity contribution in [2.45, 2.75) is 76.0 Å². The van der Waals surface area contributed by atoms with Gasteiger partial charge in [-0.3, -0.25) is 14.3 Å². The van der Waals surface area contributed by atoms with E-state index in [9.17, 15) is 23.1 Å². The fourth-order valence-corrected chi connectivity index (χ4v) is 6.56. The molecule has 13 heteroatoms. The maximum absolute atomic E-state index is 14.3. The molecule has 2 N–H and O–H groups in total. The quantitative estimate of drug-likeness (QED) is 0.346. The Hall–Kier alpha value is -2.90. The molecule has 1 heterocycles. The van der Waals surface area contributed by atoms with Crippen LogP contribution in [0.5, 0.6) is 5.75 Å². The van der Waals surface area contributed by atoms with Crippen molar-refractivity contribution in [3.63, 3.8) is 0 Å². The number of rotatable bonds is 11. The van der Waals surface area contributed by atoms with Gasteiger partial charge in [0.2, 0.25) is 5.91 Å². The molecule has 0 unspecified atom stereocenters. The lowest BCUT2D eigenvalue weighted by atomic mass is 10.0. The minimum atomic E-state index is -3.98. The minimum Gasteiger partial charge on any atom is -0.490 e. The normalized spacial score (nSPS) is 20.6. The van der Waals surface area contributed by atoms with Crippen molar-refractivity contribution in [3.8, 4) is 5.75 Å². The number of hydrogen-bond acceptors (Lipinski definition) is 8. The molecule has 47 heavy (non-hydrogen) atoms. The first kappa shape index (κ1) is 38.5. The number of hydrogen-bond donors (Lipinski definition) is 2. The maximum atomic E-state index is 14.3. The van der Waals surface area contributed by atoms with Gasteiger partial charge >= 0.3 is 0 Å². The second kappa shape index (κ2) is 18.0. The highest BCUT2D eigenvalue weighted by molar-refractivity contribution is 7.92. The van der Waals surface area contributed by atoms with Gasteiger partial charge in [0.25, 0.3) is 15.9 Å². The SMILES string of the molecule is C[C@@H]1CCCCO[C@@H](CN(C)C(=O)CCCN(C)C)[C@@H](C)CN([C@@H](C)CO)C(=O)c2cc(NS(=O)(=O)c3ccc(Cl)cc3)ccc2O1. The maximum Gasteiger partial charge on any atom is 0.261 e. The highest BCUT2D eigenvalue weighted by Crippen LogP contribution is 2.30. The molecule has 0 bridgehead atoms. The van der Waals surface area contributed by atoms with Crippen LogP contribution in [0.4, 0.5) is 5.69 Å². The molecule has 3 rings (SSSR count). The van der Waals surface area contributed by atoms with E-state index >= 15 is 0 Å². The molecule has 0 fully saturated rings. The van der Waals surface area contributed by atoms with Crippen LogP contribution in [-0.2, 0) is 19.6 Å². The first-order valence-electron chi connectivity index (χ1n) is 16.2. The van der Waals surface area contributed by atoms with Crippen LogP contribution in [0, 0.1) is 5.92 Å². The molecule has 2 aromatic rings. The van der Waals surface area contributed by atoms with Crippen molar-refractivity contribution >= 4 is 39.1 Å². The Kier molecular flexibility index (Phi) is 14.8. The summed E-state index contributed by atoms with van der Waals surface area (Å²) in [7, 11) is 1.75. The van der Waals surface area contributed by atoms with E-state index < -0.39 is 22.0 Å². The molecule has 262 valence electrons. The molecule has 0 radical (unpaired) electrons. The van der Waals surface area contributed by atoms with Crippen LogP contribution in [0.1, 0.15) is 63.2 Å². The van der Waals surface area contributed by atoms with Gasteiger partial charge < -0.3 is 29.3 Å². The third-order valence-corrected chi connectivity index (χ3v) is 9.95. The number of carbonyl (C=O) groups excluding carboxylic acids is 2. The molecule has 0 spiro atoms. The van der Waals surface area contributed by atoms with Crippen LogP contribution < -0.4 is 9.46 Å². The van der Waals surface area contributed by atoms with Crippen molar-refractivity contribution in [2.24, 2.45) is 5.92 Å². The summed E-state index contributed by atoms with van der Waals surface area (Å²) in [6, 6.07) is 9.85. The number of halogens is 1. The number of amides is 2. The lowest BCUT2D eigenvalue weighted by molar-refractivity contribution is -0.132.